The van der Waals surface area contributed by atoms with Gasteiger partial charge in [0.15, 0.2) is 0 Å². The lowest BCUT2D eigenvalue weighted by Crippen LogP contribution is -2.19. The Morgan fingerprint density at radius 3 is 1.31 bits per heavy atom. The Morgan fingerprint density at radius 1 is 0.571 bits per heavy atom. The molecule has 35 heavy (non-hydrogen) atoms. The van der Waals surface area contributed by atoms with Crippen molar-refractivity contribution in [3.63, 3.8) is 0 Å². The minimum Gasteiger partial charge on any atom is -0.481 e. The van der Waals surface area contributed by atoms with Gasteiger partial charge in [-0.05, 0) is 12.8 Å². The minimum atomic E-state index is -0.767. The van der Waals surface area contributed by atoms with E-state index in [1.54, 1.807) is 11.8 Å². The van der Waals surface area contributed by atoms with Crippen LogP contribution in [0.15, 0.2) is 0 Å². The van der Waals surface area contributed by atoms with Crippen LogP contribution in [-0.2, 0) is 9.59 Å². The predicted octanol–water partition coefficient (Wildman–Crippen LogP) is 9.89. The first-order valence-corrected chi connectivity index (χ1v) is 16.1. The fraction of sp³-hybridized carbons (Fsp3) is 0.933. The molecule has 0 aromatic heterocycles. The van der Waals surface area contributed by atoms with Crippen molar-refractivity contribution in [3.8, 4) is 0 Å². The van der Waals surface area contributed by atoms with Gasteiger partial charge in [0.05, 0.1) is 12.3 Å². The summed E-state index contributed by atoms with van der Waals surface area (Å²) in [4.78, 5) is 23.1. The Labute approximate surface area is 221 Å². The van der Waals surface area contributed by atoms with Crippen molar-refractivity contribution in [2.75, 3.05) is 5.75 Å². The van der Waals surface area contributed by atoms with Crippen molar-refractivity contribution in [2.45, 2.75) is 167 Å². The van der Waals surface area contributed by atoms with E-state index in [1.165, 1.54) is 103 Å². The molecule has 0 aromatic rings. The molecule has 2 atom stereocenters. The van der Waals surface area contributed by atoms with Crippen molar-refractivity contribution in [3.05, 3.63) is 0 Å². The van der Waals surface area contributed by atoms with Gasteiger partial charge in [-0.2, -0.15) is 11.8 Å². The Kier molecular flexibility index (Phi) is 25.8. The van der Waals surface area contributed by atoms with Crippen LogP contribution in [0.5, 0.6) is 0 Å². The summed E-state index contributed by atoms with van der Waals surface area (Å²) >= 11 is 1.59. The summed E-state index contributed by atoms with van der Waals surface area (Å²) in [6.07, 6.45) is 27.0. The molecule has 0 aliphatic rings. The summed E-state index contributed by atoms with van der Waals surface area (Å²) in [6.45, 7) is 4.49. The van der Waals surface area contributed by atoms with Gasteiger partial charge >= 0.3 is 11.9 Å². The number of aliphatic carboxylic acids is 2. The molecular weight excluding hydrogens is 456 g/mol. The molecule has 0 bridgehead atoms. The SMILES string of the molecule is CCCCCCCCCCCCC(CC(=O)O)SCC(CCCCCCCCCCCC)C(=O)O. The van der Waals surface area contributed by atoms with Crippen LogP contribution in [0.25, 0.3) is 0 Å². The van der Waals surface area contributed by atoms with Gasteiger partial charge in [0, 0.05) is 11.0 Å². The first-order valence-electron chi connectivity index (χ1n) is 15.1. The molecular formula is C30H58O4S. The highest BCUT2D eigenvalue weighted by Crippen LogP contribution is 2.26. The minimum absolute atomic E-state index is 0.0381. The van der Waals surface area contributed by atoms with Gasteiger partial charge in [0.1, 0.15) is 0 Å². The van der Waals surface area contributed by atoms with Crippen LogP contribution >= 0.6 is 11.8 Å². The van der Waals surface area contributed by atoms with Crippen LogP contribution in [0.1, 0.15) is 162 Å². The van der Waals surface area contributed by atoms with E-state index in [0.29, 0.717) is 5.75 Å². The number of hydrogen-bond donors (Lipinski definition) is 2. The monoisotopic (exact) mass is 514 g/mol. The first-order chi connectivity index (χ1) is 17.0. The fourth-order valence-electron chi connectivity index (χ4n) is 4.71. The molecule has 2 N–H and O–H groups in total. The number of carboxylic acids is 2. The van der Waals surface area contributed by atoms with Gasteiger partial charge in [0.2, 0.25) is 0 Å². The maximum atomic E-state index is 11.7. The van der Waals surface area contributed by atoms with Crippen LogP contribution in [-0.4, -0.2) is 33.2 Å². The molecule has 208 valence electrons. The van der Waals surface area contributed by atoms with Crippen molar-refractivity contribution >= 4 is 23.7 Å². The molecule has 4 nitrogen and oxygen atoms in total. The van der Waals surface area contributed by atoms with Crippen molar-refractivity contribution in [2.24, 2.45) is 5.92 Å². The van der Waals surface area contributed by atoms with E-state index < -0.39 is 11.9 Å². The van der Waals surface area contributed by atoms with Crippen molar-refractivity contribution < 1.29 is 19.8 Å². The third kappa shape index (κ3) is 24.7. The molecule has 0 aliphatic heterocycles. The van der Waals surface area contributed by atoms with Crippen molar-refractivity contribution in [1.29, 1.82) is 0 Å². The van der Waals surface area contributed by atoms with E-state index in [9.17, 15) is 19.8 Å². The number of carbonyl (C=O) groups is 2. The largest absolute Gasteiger partial charge is 0.481 e. The average molecular weight is 515 g/mol. The first kappa shape index (κ1) is 34.3. The molecule has 2 unspecified atom stereocenters. The summed E-state index contributed by atoms with van der Waals surface area (Å²) in [5, 5.41) is 19.0. The second-order valence-corrected chi connectivity index (χ2v) is 11.9. The van der Waals surface area contributed by atoms with Gasteiger partial charge in [0.25, 0.3) is 0 Å². The second-order valence-electron chi connectivity index (χ2n) is 10.5. The average Bonchev–Trinajstić information content (AvgIpc) is 2.82. The van der Waals surface area contributed by atoms with Crippen LogP contribution in [0.2, 0.25) is 0 Å². The van der Waals surface area contributed by atoms with Gasteiger partial charge in [-0.25, -0.2) is 0 Å². The molecule has 0 saturated carbocycles. The number of hydrogen-bond acceptors (Lipinski definition) is 3. The number of carboxylic acid groups (broad SMARTS) is 2. The zero-order valence-electron chi connectivity index (χ0n) is 23.2. The van der Waals surface area contributed by atoms with E-state index in [2.05, 4.69) is 13.8 Å². The lowest BCUT2D eigenvalue weighted by Gasteiger charge is -2.18. The molecule has 0 fully saturated rings. The highest BCUT2D eigenvalue weighted by molar-refractivity contribution is 7.99. The van der Waals surface area contributed by atoms with Gasteiger partial charge in [-0.1, -0.05) is 142 Å². The second kappa shape index (κ2) is 26.4. The molecule has 0 heterocycles. The van der Waals surface area contributed by atoms with Gasteiger partial charge in [-0.15, -0.1) is 0 Å². The molecule has 5 heteroatoms. The van der Waals surface area contributed by atoms with Gasteiger partial charge < -0.3 is 10.2 Å². The lowest BCUT2D eigenvalue weighted by molar-refractivity contribution is -0.141. The molecule has 0 amide bonds. The standard InChI is InChI=1S/C30H58O4S/c1-3-5-7-9-11-13-15-17-19-21-23-27(30(33)34)26-35-28(25-29(31)32)24-22-20-18-16-14-12-10-8-6-4-2/h27-28H,3-26H2,1-2H3,(H,31,32)(H,33,34). The van der Waals surface area contributed by atoms with Crippen LogP contribution in [0, 0.1) is 5.92 Å². The zero-order valence-corrected chi connectivity index (χ0v) is 24.1. The normalized spacial score (nSPS) is 13.1. The van der Waals surface area contributed by atoms with Gasteiger partial charge in [-0.3, -0.25) is 9.59 Å². The Balaban J connectivity index is 3.99. The molecule has 0 saturated heterocycles. The van der Waals surface area contributed by atoms with Crippen LogP contribution in [0.4, 0.5) is 0 Å². The zero-order chi connectivity index (χ0) is 26.0. The number of unbranched alkanes of at least 4 members (excludes halogenated alkanes) is 18. The van der Waals surface area contributed by atoms with E-state index in [4.69, 9.17) is 0 Å². The third-order valence-corrected chi connectivity index (χ3v) is 8.54. The Morgan fingerprint density at radius 2 is 0.943 bits per heavy atom. The van der Waals surface area contributed by atoms with E-state index in [1.807, 2.05) is 0 Å². The molecule has 0 radical (unpaired) electrons. The van der Waals surface area contributed by atoms with E-state index in [0.717, 1.165) is 38.5 Å². The summed E-state index contributed by atoms with van der Waals surface area (Å²) < 4.78 is 0. The summed E-state index contributed by atoms with van der Waals surface area (Å²) in [6, 6.07) is 0. The van der Waals surface area contributed by atoms with E-state index >= 15 is 0 Å². The quantitative estimate of drug-likeness (QED) is 0.102. The molecule has 0 aromatic carbocycles. The maximum Gasteiger partial charge on any atom is 0.307 e. The number of thioether (sulfide) groups is 1. The summed E-state index contributed by atoms with van der Waals surface area (Å²) in [7, 11) is 0. The molecule has 0 spiro atoms. The molecule has 0 aliphatic carbocycles. The maximum absolute atomic E-state index is 11.7. The lowest BCUT2D eigenvalue weighted by atomic mass is 10.0. The summed E-state index contributed by atoms with van der Waals surface area (Å²) in [5.41, 5.74) is 0. The summed E-state index contributed by atoms with van der Waals surface area (Å²) in [5.74, 6) is -1.29. The third-order valence-electron chi connectivity index (χ3n) is 7.07. The van der Waals surface area contributed by atoms with Crippen LogP contribution < -0.4 is 0 Å². The predicted molar refractivity (Wildman–Crippen MR) is 153 cm³/mol. The topological polar surface area (TPSA) is 74.6 Å². The smallest absolute Gasteiger partial charge is 0.307 e. The Bertz CT molecular complexity index is 483. The fourth-order valence-corrected chi connectivity index (χ4v) is 6.11. The molecule has 0 rings (SSSR count). The highest BCUT2D eigenvalue weighted by Gasteiger charge is 2.21. The van der Waals surface area contributed by atoms with Crippen molar-refractivity contribution in [1.82, 2.24) is 0 Å². The van der Waals surface area contributed by atoms with Crippen LogP contribution in [0.3, 0.4) is 0 Å². The van der Waals surface area contributed by atoms with E-state index in [-0.39, 0.29) is 17.6 Å². The Hall–Kier alpha value is -0.710. The number of rotatable bonds is 28. The highest BCUT2D eigenvalue weighted by atomic mass is 32.2.